The molecule has 0 bridgehead atoms. The van der Waals surface area contributed by atoms with E-state index in [1.54, 1.807) is 30.3 Å². The Morgan fingerprint density at radius 1 is 1.04 bits per heavy atom. The number of benzene rings is 1. The number of urea groups is 1. The summed E-state index contributed by atoms with van der Waals surface area (Å²) < 4.78 is 11.9. The number of amides is 4. The molecule has 2 aromatic heterocycles. The Morgan fingerprint density at radius 3 is 2.38 bits per heavy atom. The number of pyridine rings is 1. The summed E-state index contributed by atoms with van der Waals surface area (Å²) in [4.78, 5) is 65.4. The molecule has 2 aliphatic rings. The zero-order valence-corrected chi connectivity index (χ0v) is 29.1. The third-order valence-electron chi connectivity index (χ3n) is 8.64. The molecule has 1 aromatic carbocycles. The highest BCUT2D eigenvalue weighted by Gasteiger charge is 2.47. The molecule has 3 heterocycles. The first-order chi connectivity index (χ1) is 22.6. The first-order valence-electron chi connectivity index (χ1n) is 16.4. The van der Waals surface area contributed by atoms with Crippen molar-refractivity contribution in [3.63, 3.8) is 0 Å². The van der Waals surface area contributed by atoms with Gasteiger partial charge in [-0.2, -0.15) is 0 Å². The second kappa shape index (κ2) is 14.1. The Hall–Kier alpha value is -4.19. The quantitative estimate of drug-likeness (QED) is 0.244. The molecule has 12 nitrogen and oxygen atoms in total. The summed E-state index contributed by atoms with van der Waals surface area (Å²) in [6.07, 6.45) is 4.41. The molecule has 2 fully saturated rings. The first kappa shape index (κ1) is 35.1. The van der Waals surface area contributed by atoms with Gasteiger partial charge in [0.2, 0.25) is 23.5 Å². The van der Waals surface area contributed by atoms with Crippen LogP contribution in [0.3, 0.4) is 0 Å². The van der Waals surface area contributed by atoms with E-state index in [9.17, 15) is 19.2 Å². The van der Waals surface area contributed by atoms with Crippen LogP contribution in [0.4, 0.5) is 4.79 Å². The molecule has 0 radical (unpaired) electrons. The van der Waals surface area contributed by atoms with E-state index in [1.807, 2.05) is 47.6 Å². The van der Waals surface area contributed by atoms with Gasteiger partial charge in [-0.3, -0.25) is 14.4 Å². The molecule has 48 heavy (non-hydrogen) atoms. The van der Waals surface area contributed by atoms with E-state index in [2.05, 4.69) is 25.9 Å². The number of nitrogens with zero attached hydrogens (tertiary/aromatic N) is 3. The molecule has 0 spiro atoms. The van der Waals surface area contributed by atoms with Crippen molar-refractivity contribution >= 4 is 46.3 Å². The highest BCUT2D eigenvalue weighted by molar-refractivity contribution is 6.30. The maximum atomic E-state index is 14.3. The number of likely N-dealkylation sites (tertiary alicyclic amines) is 1. The van der Waals surface area contributed by atoms with Gasteiger partial charge in [0.1, 0.15) is 23.7 Å². The minimum Gasteiger partial charge on any atom is -0.472 e. The number of hydrogen-bond donors (Lipinski definition) is 3. The highest BCUT2D eigenvalue weighted by atomic mass is 35.5. The third kappa shape index (κ3) is 8.63. The first-order valence-corrected chi connectivity index (χ1v) is 16.8. The van der Waals surface area contributed by atoms with Crippen molar-refractivity contribution < 1.29 is 28.3 Å². The molecule has 1 unspecified atom stereocenters. The number of halogens is 1. The molecule has 4 atom stereocenters. The minimum absolute atomic E-state index is 0.0583. The molecule has 258 valence electrons. The monoisotopic (exact) mass is 680 g/mol. The summed E-state index contributed by atoms with van der Waals surface area (Å²) in [5.74, 6) is -0.873. The number of ether oxygens (including phenoxy) is 1. The Kier molecular flexibility index (Phi) is 10.3. The van der Waals surface area contributed by atoms with E-state index in [1.165, 1.54) is 11.1 Å². The van der Waals surface area contributed by atoms with E-state index < -0.39 is 58.8 Å². The standard InChI is InChI=1S/C35H45ClN6O6/c1-34(2,3)29(40-33(46)41-35(4,5)6)32(45)42-19-22(47-27-15-14-21(36)18-37-27)17-25(42)30(44)38-24(16-20-10-9-11-20)28(43)31-39-23-12-7-8-13-26(23)48-31/h7-8,12-15,18,20,22,24-25,29H,9-11,16-17,19H2,1-6H3,(H,38,44)(H2,40,41,46)/t22-,24?,25+,29-/m1/s1. The fraction of sp³-hybridized carbons (Fsp3) is 0.543. The van der Waals surface area contributed by atoms with Crippen molar-refractivity contribution in [3.8, 4) is 5.88 Å². The lowest BCUT2D eigenvalue weighted by atomic mass is 9.80. The topological polar surface area (TPSA) is 156 Å². The molecule has 3 N–H and O–H groups in total. The lowest BCUT2D eigenvalue weighted by Gasteiger charge is -2.36. The predicted octanol–water partition coefficient (Wildman–Crippen LogP) is 5.29. The number of carbonyl (C=O) groups excluding carboxylic acids is 4. The second-order valence-electron chi connectivity index (χ2n) is 14.9. The SMILES string of the molecule is CC(C)(C)NC(=O)N[C@H](C(=O)N1C[C@H](Oc2ccc(Cl)cn2)C[C@H]1C(=O)NC(CC1CCC1)C(=O)c1nc2ccccc2o1)C(C)(C)C. The number of carbonyl (C=O) groups is 4. The summed E-state index contributed by atoms with van der Waals surface area (Å²) in [5.41, 5.74) is -0.213. The largest absolute Gasteiger partial charge is 0.472 e. The molecule has 1 aliphatic carbocycles. The summed E-state index contributed by atoms with van der Waals surface area (Å²) >= 11 is 6.01. The van der Waals surface area contributed by atoms with Crippen LogP contribution >= 0.6 is 11.6 Å². The lowest BCUT2D eigenvalue weighted by Crippen LogP contribution is -2.61. The van der Waals surface area contributed by atoms with Crippen LogP contribution in [0.1, 0.15) is 84.3 Å². The fourth-order valence-electron chi connectivity index (χ4n) is 5.99. The average molecular weight is 681 g/mol. The van der Waals surface area contributed by atoms with Crippen LogP contribution in [0.2, 0.25) is 5.02 Å². The van der Waals surface area contributed by atoms with Gasteiger partial charge < -0.3 is 30.0 Å². The van der Waals surface area contributed by atoms with Crippen molar-refractivity contribution in [2.24, 2.45) is 11.3 Å². The molecular formula is C35H45ClN6O6. The van der Waals surface area contributed by atoms with Crippen LogP contribution in [0.5, 0.6) is 5.88 Å². The maximum Gasteiger partial charge on any atom is 0.315 e. The Balaban J connectivity index is 1.41. The van der Waals surface area contributed by atoms with E-state index in [-0.39, 0.29) is 24.8 Å². The number of Topliss-reactive ketones (excluding diaryl/α,β-unsaturated/α-hetero) is 1. The second-order valence-corrected chi connectivity index (χ2v) is 15.3. The molecular weight excluding hydrogens is 636 g/mol. The van der Waals surface area contributed by atoms with Crippen LogP contribution < -0.4 is 20.7 Å². The molecule has 3 aromatic rings. The molecule has 1 aliphatic heterocycles. The van der Waals surface area contributed by atoms with Gasteiger partial charge in [0, 0.05) is 24.2 Å². The Morgan fingerprint density at radius 2 is 1.77 bits per heavy atom. The minimum atomic E-state index is -0.993. The summed E-state index contributed by atoms with van der Waals surface area (Å²) in [5, 5.41) is 9.08. The van der Waals surface area contributed by atoms with Crippen molar-refractivity contribution in [1.82, 2.24) is 30.8 Å². The molecule has 1 saturated heterocycles. The normalized spacial score (nSPS) is 19.7. The van der Waals surface area contributed by atoms with Gasteiger partial charge in [-0.15, -0.1) is 0 Å². The summed E-state index contributed by atoms with van der Waals surface area (Å²) in [6, 6.07) is 6.98. The van der Waals surface area contributed by atoms with Crippen LogP contribution in [-0.4, -0.2) is 74.8 Å². The van der Waals surface area contributed by atoms with E-state index in [0.717, 1.165) is 19.3 Å². The van der Waals surface area contributed by atoms with Gasteiger partial charge in [-0.25, -0.2) is 14.8 Å². The van der Waals surface area contributed by atoms with Crippen molar-refractivity contribution in [1.29, 1.82) is 0 Å². The van der Waals surface area contributed by atoms with Crippen molar-refractivity contribution in [3.05, 3.63) is 53.5 Å². The predicted molar refractivity (Wildman–Crippen MR) is 181 cm³/mol. The Labute approximate surface area is 285 Å². The van der Waals surface area contributed by atoms with E-state index in [4.69, 9.17) is 20.8 Å². The molecule has 5 rings (SSSR count). The third-order valence-corrected chi connectivity index (χ3v) is 8.87. The van der Waals surface area contributed by atoms with Gasteiger partial charge in [0.15, 0.2) is 5.58 Å². The highest BCUT2D eigenvalue weighted by Crippen LogP contribution is 2.32. The van der Waals surface area contributed by atoms with Gasteiger partial charge in [0.25, 0.3) is 5.89 Å². The molecule has 13 heteroatoms. The number of hydrogen-bond acceptors (Lipinski definition) is 8. The van der Waals surface area contributed by atoms with Gasteiger partial charge in [-0.1, -0.05) is 63.8 Å². The van der Waals surface area contributed by atoms with Crippen molar-refractivity contribution in [2.75, 3.05) is 6.54 Å². The number of ketones is 1. The fourth-order valence-corrected chi connectivity index (χ4v) is 6.10. The summed E-state index contributed by atoms with van der Waals surface area (Å²) in [6.45, 7) is 11.1. The number of fused-ring (bicyclic) bond motifs is 1. The van der Waals surface area contributed by atoms with Crippen LogP contribution in [0.15, 0.2) is 47.0 Å². The molecule has 4 amide bonds. The lowest BCUT2D eigenvalue weighted by molar-refractivity contribution is -0.142. The average Bonchev–Trinajstić information content (AvgIpc) is 3.61. The number of aromatic nitrogens is 2. The zero-order valence-electron chi connectivity index (χ0n) is 28.3. The van der Waals surface area contributed by atoms with Gasteiger partial charge in [-0.05, 0) is 56.7 Å². The van der Waals surface area contributed by atoms with Crippen LogP contribution in [0, 0.1) is 11.3 Å². The van der Waals surface area contributed by atoms with Crippen LogP contribution in [-0.2, 0) is 9.59 Å². The smallest absolute Gasteiger partial charge is 0.315 e. The summed E-state index contributed by atoms with van der Waals surface area (Å²) in [7, 11) is 0. The maximum absolute atomic E-state index is 14.3. The number of para-hydroxylation sites is 2. The number of oxazole rings is 1. The van der Waals surface area contributed by atoms with Gasteiger partial charge >= 0.3 is 6.03 Å². The molecule has 1 saturated carbocycles. The van der Waals surface area contributed by atoms with Crippen molar-refractivity contribution in [2.45, 2.75) is 103 Å². The van der Waals surface area contributed by atoms with Gasteiger partial charge in [0.05, 0.1) is 17.6 Å². The van der Waals surface area contributed by atoms with E-state index >= 15 is 0 Å². The Bertz CT molecular complexity index is 1610. The zero-order chi connectivity index (χ0) is 34.8. The number of nitrogens with one attached hydrogen (secondary N) is 3. The van der Waals surface area contributed by atoms with Crippen LogP contribution in [0.25, 0.3) is 11.1 Å². The number of rotatable bonds is 10. The van der Waals surface area contributed by atoms with E-state index in [0.29, 0.717) is 28.4 Å².